The van der Waals surface area contributed by atoms with Crippen molar-refractivity contribution in [1.82, 2.24) is 0 Å². The van der Waals surface area contributed by atoms with Gasteiger partial charge in [-0.2, -0.15) is 0 Å². The van der Waals surface area contributed by atoms with E-state index in [0.29, 0.717) is 23.7 Å². The Morgan fingerprint density at radius 3 is 1.77 bits per heavy atom. The highest BCUT2D eigenvalue weighted by Crippen LogP contribution is 2.63. The molecule has 0 unspecified atom stereocenters. The number of hydrogen-bond acceptors (Lipinski definition) is 2. The van der Waals surface area contributed by atoms with Crippen LogP contribution in [0, 0.1) is 35.5 Å². The van der Waals surface area contributed by atoms with Crippen LogP contribution in [0.2, 0.25) is 0 Å². The molecule has 0 spiro atoms. The molecule has 0 aromatic heterocycles. The Morgan fingerprint density at radius 1 is 0.923 bits per heavy atom. The third kappa shape index (κ3) is 0.906. The molecule has 6 atom stereocenters. The maximum Gasteiger partial charge on any atom is 0.0468 e. The summed E-state index contributed by atoms with van der Waals surface area (Å²) in [6.07, 6.45) is 5.90. The highest BCUT2D eigenvalue weighted by molar-refractivity contribution is 5.20. The lowest BCUT2D eigenvalue weighted by molar-refractivity contribution is 0.0207. The van der Waals surface area contributed by atoms with E-state index in [0.717, 1.165) is 11.8 Å². The molecule has 2 heteroatoms. The summed E-state index contributed by atoms with van der Waals surface area (Å²) in [7, 11) is 0. The van der Waals surface area contributed by atoms with Crippen LogP contribution < -0.4 is 0 Å². The third-order valence-corrected chi connectivity index (χ3v) is 4.40. The zero-order chi connectivity index (χ0) is 9.00. The molecule has 72 valence electrons. The minimum atomic E-state index is 0.250. The molecule has 0 amide bonds. The molecule has 2 N–H and O–H groups in total. The van der Waals surface area contributed by atoms with Crippen LogP contribution in [0.25, 0.3) is 0 Å². The number of fused-ring (bicyclic) bond motifs is 1. The van der Waals surface area contributed by atoms with Crippen molar-refractivity contribution in [3.8, 4) is 0 Å². The minimum Gasteiger partial charge on any atom is -0.396 e. The van der Waals surface area contributed by atoms with Crippen LogP contribution in [-0.2, 0) is 0 Å². The van der Waals surface area contributed by atoms with Gasteiger partial charge in [-0.25, -0.2) is 0 Å². The Kier molecular flexibility index (Phi) is 1.59. The summed E-state index contributed by atoms with van der Waals surface area (Å²) < 4.78 is 0. The van der Waals surface area contributed by atoms with Crippen LogP contribution in [0.1, 0.15) is 6.42 Å². The molecule has 0 aromatic carbocycles. The van der Waals surface area contributed by atoms with Crippen molar-refractivity contribution < 1.29 is 10.2 Å². The minimum absolute atomic E-state index is 0.250. The average Bonchev–Trinajstić information content (AvgIpc) is 2.97. The van der Waals surface area contributed by atoms with Gasteiger partial charge in [-0.05, 0) is 41.9 Å². The molecule has 4 aliphatic carbocycles. The lowest BCUT2D eigenvalue weighted by Gasteiger charge is -2.43. The van der Waals surface area contributed by atoms with Crippen molar-refractivity contribution in [3.05, 3.63) is 12.2 Å². The fraction of sp³-hybridized carbons (Fsp3) is 0.818. The van der Waals surface area contributed by atoms with Gasteiger partial charge in [0.2, 0.25) is 0 Å². The molecule has 0 aromatic rings. The van der Waals surface area contributed by atoms with Crippen LogP contribution in [0.5, 0.6) is 0 Å². The van der Waals surface area contributed by atoms with Crippen molar-refractivity contribution in [2.24, 2.45) is 35.5 Å². The predicted molar refractivity (Wildman–Crippen MR) is 48.9 cm³/mol. The summed E-state index contributed by atoms with van der Waals surface area (Å²) in [6.45, 7) is 0.500. The number of aliphatic hydroxyl groups excluding tert-OH is 2. The first-order valence-corrected chi connectivity index (χ1v) is 5.27. The summed E-state index contributed by atoms with van der Waals surface area (Å²) in [5.74, 6) is 3.49. The molecule has 0 heterocycles. The molecule has 2 nitrogen and oxygen atoms in total. The van der Waals surface area contributed by atoms with E-state index in [-0.39, 0.29) is 13.2 Å². The van der Waals surface area contributed by atoms with Gasteiger partial charge in [0, 0.05) is 13.2 Å². The monoisotopic (exact) mass is 180 g/mol. The maximum absolute atomic E-state index is 9.31. The van der Waals surface area contributed by atoms with Gasteiger partial charge in [0.25, 0.3) is 0 Å². The van der Waals surface area contributed by atoms with E-state index in [9.17, 15) is 10.2 Å². The second-order valence-electron chi connectivity index (χ2n) is 4.80. The first-order valence-electron chi connectivity index (χ1n) is 5.27. The van der Waals surface area contributed by atoms with Crippen LogP contribution in [-0.4, -0.2) is 23.4 Å². The first-order chi connectivity index (χ1) is 6.36. The number of aliphatic hydroxyl groups is 2. The molecule has 0 saturated heterocycles. The lowest BCUT2D eigenvalue weighted by Crippen LogP contribution is -2.42. The van der Waals surface area contributed by atoms with E-state index < -0.39 is 0 Å². The van der Waals surface area contributed by atoms with Gasteiger partial charge in [0.15, 0.2) is 0 Å². The summed E-state index contributed by atoms with van der Waals surface area (Å²) >= 11 is 0. The fourth-order valence-electron chi connectivity index (χ4n) is 3.67. The molecule has 4 aliphatic rings. The van der Waals surface area contributed by atoms with Crippen molar-refractivity contribution in [2.45, 2.75) is 6.42 Å². The smallest absolute Gasteiger partial charge is 0.0468 e. The Balaban J connectivity index is 1.93. The van der Waals surface area contributed by atoms with Crippen LogP contribution in [0.3, 0.4) is 0 Å². The van der Waals surface area contributed by atoms with Gasteiger partial charge in [-0.15, -0.1) is 0 Å². The van der Waals surface area contributed by atoms with Crippen LogP contribution in [0.4, 0.5) is 0 Å². The SMILES string of the molecule is OC[C@@H]1[C@H]2C=C[C@@H]([C@@H]1CO)[C@@H]1C[C@H]21. The standard InChI is InChI=1S/C11H16O2/c12-4-10-6-1-2-7(11(10)5-13)9-3-8(6)9/h1-2,6-13H,3-5H2/t6-,7+,8+,9-,10+,11-. The van der Waals surface area contributed by atoms with Gasteiger partial charge in [0.1, 0.15) is 0 Å². The highest BCUT2D eigenvalue weighted by Gasteiger charge is 2.58. The molecule has 2 fully saturated rings. The normalized spacial score (nSPS) is 56.5. The van der Waals surface area contributed by atoms with Crippen molar-refractivity contribution in [1.29, 1.82) is 0 Å². The summed E-state index contributed by atoms with van der Waals surface area (Å²) in [6, 6.07) is 0. The van der Waals surface area contributed by atoms with Gasteiger partial charge >= 0.3 is 0 Å². The number of allylic oxidation sites excluding steroid dienone is 2. The molecule has 4 rings (SSSR count). The fourth-order valence-corrected chi connectivity index (χ4v) is 3.67. The van der Waals surface area contributed by atoms with E-state index in [1.165, 1.54) is 6.42 Å². The van der Waals surface area contributed by atoms with E-state index in [1.807, 2.05) is 0 Å². The Labute approximate surface area is 78.3 Å². The maximum atomic E-state index is 9.31. The van der Waals surface area contributed by atoms with Crippen molar-refractivity contribution >= 4 is 0 Å². The quantitative estimate of drug-likeness (QED) is 0.613. The zero-order valence-corrected chi connectivity index (χ0v) is 7.63. The predicted octanol–water partition coefficient (Wildman–Crippen LogP) is 0.655. The van der Waals surface area contributed by atoms with Crippen LogP contribution in [0.15, 0.2) is 12.2 Å². The first kappa shape index (κ1) is 8.01. The zero-order valence-electron chi connectivity index (χ0n) is 7.63. The molecular formula is C11H16O2. The molecule has 0 radical (unpaired) electrons. The van der Waals surface area contributed by atoms with Gasteiger partial charge in [-0.3, -0.25) is 0 Å². The Bertz CT molecular complexity index is 224. The summed E-state index contributed by atoms with van der Waals surface area (Å²) in [5.41, 5.74) is 0. The second kappa shape index (κ2) is 2.58. The van der Waals surface area contributed by atoms with E-state index in [4.69, 9.17) is 0 Å². The van der Waals surface area contributed by atoms with E-state index >= 15 is 0 Å². The number of hydrogen-bond donors (Lipinski definition) is 2. The largest absolute Gasteiger partial charge is 0.396 e. The average molecular weight is 180 g/mol. The molecule has 2 bridgehead atoms. The topological polar surface area (TPSA) is 40.5 Å². The van der Waals surface area contributed by atoms with Gasteiger partial charge in [-0.1, -0.05) is 12.2 Å². The molecule has 2 saturated carbocycles. The van der Waals surface area contributed by atoms with Crippen molar-refractivity contribution in [3.63, 3.8) is 0 Å². The molecule has 13 heavy (non-hydrogen) atoms. The second-order valence-corrected chi connectivity index (χ2v) is 4.80. The lowest BCUT2D eigenvalue weighted by atomic mass is 9.63. The Hall–Kier alpha value is -0.340. The third-order valence-electron chi connectivity index (χ3n) is 4.40. The van der Waals surface area contributed by atoms with Gasteiger partial charge < -0.3 is 10.2 Å². The van der Waals surface area contributed by atoms with Crippen molar-refractivity contribution in [2.75, 3.05) is 13.2 Å². The summed E-state index contributed by atoms with van der Waals surface area (Å²) in [5, 5.41) is 18.6. The van der Waals surface area contributed by atoms with E-state index in [2.05, 4.69) is 12.2 Å². The molecule has 0 aliphatic heterocycles. The number of rotatable bonds is 2. The highest BCUT2D eigenvalue weighted by atomic mass is 16.3. The Morgan fingerprint density at radius 2 is 1.38 bits per heavy atom. The van der Waals surface area contributed by atoms with Crippen LogP contribution >= 0.6 is 0 Å². The summed E-state index contributed by atoms with van der Waals surface area (Å²) in [4.78, 5) is 0. The molecular weight excluding hydrogens is 164 g/mol. The van der Waals surface area contributed by atoms with E-state index in [1.54, 1.807) is 0 Å². The van der Waals surface area contributed by atoms with Gasteiger partial charge in [0.05, 0.1) is 0 Å².